The molecule has 2 aromatic rings. The van der Waals surface area contributed by atoms with E-state index in [0.717, 1.165) is 21.1 Å². The lowest BCUT2D eigenvalue weighted by molar-refractivity contribution is -0.119. The lowest BCUT2D eigenvalue weighted by atomic mass is 10.3. The second-order valence-corrected chi connectivity index (χ2v) is 7.13. The van der Waals surface area contributed by atoms with Gasteiger partial charge in [0.2, 0.25) is 5.91 Å². The molecule has 0 saturated heterocycles. The van der Waals surface area contributed by atoms with Gasteiger partial charge < -0.3 is 5.32 Å². The Bertz CT molecular complexity index is 678. The highest BCUT2D eigenvalue weighted by molar-refractivity contribution is 9.10. The van der Waals surface area contributed by atoms with Crippen LogP contribution in [0.1, 0.15) is 0 Å². The summed E-state index contributed by atoms with van der Waals surface area (Å²) in [7, 11) is 0. The molecule has 0 spiro atoms. The monoisotopic (exact) mass is 383 g/mol. The van der Waals surface area contributed by atoms with Crippen molar-refractivity contribution < 1.29 is 13.6 Å². The third kappa shape index (κ3) is 3.17. The fraction of sp³-hybridized carbons (Fsp3) is 0.188. The number of para-hydroxylation sites is 1. The number of carbonyl (C=O) groups is 1. The maximum Gasteiger partial charge on any atom is 0.273 e. The third-order valence-electron chi connectivity index (χ3n) is 3.39. The minimum absolute atomic E-state index is 0.530. The van der Waals surface area contributed by atoms with Crippen molar-refractivity contribution in [3.63, 3.8) is 0 Å². The lowest BCUT2D eigenvalue weighted by Gasteiger charge is -2.03. The quantitative estimate of drug-likeness (QED) is 0.820. The van der Waals surface area contributed by atoms with E-state index in [9.17, 15) is 13.6 Å². The van der Waals surface area contributed by atoms with Crippen molar-refractivity contribution >= 4 is 39.3 Å². The number of anilines is 1. The molecule has 0 aromatic heterocycles. The third-order valence-corrected chi connectivity index (χ3v) is 5.30. The van der Waals surface area contributed by atoms with Crippen LogP contribution in [0.2, 0.25) is 0 Å². The van der Waals surface area contributed by atoms with E-state index in [1.165, 1.54) is 0 Å². The van der Waals surface area contributed by atoms with Crippen molar-refractivity contribution in [2.75, 3.05) is 5.32 Å². The molecule has 1 fully saturated rings. The first-order chi connectivity index (χ1) is 10.5. The van der Waals surface area contributed by atoms with Crippen LogP contribution in [-0.4, -0.2) is 17.1 Å². The first kappa shape index (κ1) is 15.5. The van der Waals surface area contributed by atoms with Crippen molar-refractivity contribution in [1.29, 1.82) is 0 Å². The molecular formula is C16H12BrF2NOS. The molecule has 114 valence electrons. The minimum atomic E-state index is -2.98. The molecule has 1 aliphatic carbocycles. The molecule has 2 aromatic carbocycles. The van der Waals surface area contributed by atoms with E-state index < -0.39 is 23.0 Å². The standard InChI is InChI=1S/C16H12BrF2NOS/c17-10-6-8-12(9-7-10)22-14-13(16(14,18)19)15(21)20-11-4-2-1-3-5-11/h1-9,13-14H,(H,20,21)/t13-,14+/m0/s1. The zero-order valence-electron chi connectivity index (χ0n) is 11.3. The van der Waals surface area contributed by atoms with Crippen molar-refractivity contribution in [3.05, 3.63) is 59.1 Å². The predicted octanol–water partition coefficient (Wildman–Crippen LogP) is 4.81. The molecule has 6 heteroatoms. The Morgan fingerprint density at radius 1 is 1.09 bits per heavy atom. The summed E-state index contributed by atoms with van der Waals surface area (Å²) in [6.07, 6.45) is 0. The second kappa shape index (κ2) is 6.01. The van der Waals surface area contributed by atoms with Gasteiger partial charge in [-0.2, -0.15) is 0 Å². The topological polar surface area (TPSA) is 29.1 Å². The van der Waals surface area contributed by atoms with Gasteiger partial charge in [-0.05, 0) is 36.4 Å². The summed E-state index contributed by atoms with van der Waals surface area (Å²) in [6, 6.07) is 15.7. The number of thioether (sulfide) groups is 1. The van der Waals surface area contributed by atoms with Crippen LogP contribution < -0.4 is 5.32 Å². The molecular weight excluding hydrogens is 372 g/mol. The Morgan fingerprint density at radius 2 is 1.73 bits per heavy atom. The van der Waals surface area contributed by atoms with E-state index in [4.69, 9.17) is 0 Å². The summed E-state index contributed by atoms with van der Waals surface area (Å²) in [4.78, 5) is 12.8. The predicted molar refractivity (Wildman–Crippen MR) is 87.3 cm³/mol. The van der Waals surface area contributed by atoms with E-state index in [0.29, 0.717) is 5.69 Å². The maximum absolute atomic E-state index is 13.9. The van der Waals surface area contributed by atoms with Crippen LogP contribution >= 0.6 is 27.7 Å². The summed E-state index contributed by atoms with van der Waals surface area (Å²) in [5.74, 6) is -4.90. The molecule has 1 N–H and O–H groups in total. The van der Waals surface area contributed by atoms with E-state index in [-0.39, 0.29) is 0 Å². The first-order valence-corrected chi connectivity index (χ1v) is 8.31. The molecule has 2 nitrogen and oxygen atoms in total. The zero-order chi connectivity index (χ0) is 15.7. The Balaban J connectivity index is 1.67. The number of nitrogens with one attached hydrogen (secondary N) is 1. The molecule has 0 unspecified atom stereocenters. The summed E-state index contributed by atoms with van der Waals surface area (Å²) in [5.41, 5.74) is 0.530. The SMILES string of the molecule is O=C(Nc1ccccc1)[C@@H]1[C@@H](Sc2ccc(Br)cc2)C1(F)F. The number of amides is 1. The Morgan fingerprint density at radius 3 is 2.36 bits per heavy atom. The second-order valence-electron chi connectivity index (χ2n) is 5.00. The Kier molecular flexibility index (Phi) is 4.23. The van der Waals surface area contributed by atoms with Gasteiger partial charge in [-0.3, -0.25) is 4.79 Å². The molecule has 3 rings (SSSR count). The number of hydrogen-bond acceptors (Lipinski definition) is 2. The van der Waals surface area contributed by atoms with Crippen LogP contribution in [0.5, 0.6) is 0 Å². The number of rotatable bonds is 4. The summed E-state index contributed by atoms with van der Waals surface area (Å²) < 4.78 is 28.7. The molecule has 0 aliphatic heterocycles. The summed E-state index contributed by atoms with van der Waals surface area (Å²) in [6.45, 7) is 0. The average Bonchev–Trinajstić information content (AvgIpc) is 3.03. The van der Waals surface area contributed by atoms with Crippen molar-refractivity contribution in [3.8, 4) is 0 Å². The van der Waals surface area contributed by atoms with E-state index in [1.54, 1.807) is 54.6 Å². The molecule has 1 aliphatic rings. The van der Waals surface area contributed by atoms with Crippen molar-refractivity contribution in [2.24, 2.45) is 5.92 Å². The molecule has 22 heavy (non-hydrogen) atoms. The van der Waals surface area contributed by atoms with E-state index in [2.05, 4.69) is 21.2 Å². The van der Waals surface area contributed by atoms with Crippen LogP contribution in [0.25, 0.3) is 0 Å². The molecule has 0 bridgehead atoms. The van der Waals surface area contributed by atoms with Gasteiger partial charge in [0, 0.05) is 15.1 Å². The first-order valence-electron chi connectivity index (χ1n) is 6.64. The van der Waals surface area contributed by atoms with Gasteiger partial charge in [-0.15, -0.1) is 11.8 Å². The number of benzene rings is 2. The minimum Gasteiger partial charge on any atom is -0.326 e. The maximum atomic E-state index is 13.9. The number of halogens is 3. The Labute approximate surface area is 139 Å². The highest BCUT2D eigenvalue weighted by Gasteiger charge is 2.72. The van der Waals surface area contributed by atoms with Gasteiger partial charge in [-0.1, -0.05) is 34.1 Å². The van der Waals surface area contributed by atoms with Crippen LogP contribution in [-0.2, 0) is 4.79 Å². The number of carbonyl (C=O) groups excluding carboxylic acids is 1. The van der Waals surface area contributed by atoms with Gasteiger partial charge >= 0.3 is 0 Å². The average molecular weight is 384 g/mol. The van der Waals surface area contributed by atoms with Crippen LogP contribution in [0.3, 0.4) is 0 Å². The molecule has 1 amide bonds. The van der Waals surface area contributed by atoms with E-state index >= 15 is 0 Å². The van der Waals surface area contributed by atoms with Crippen LogP contribution in [0, 0.1) is 5.92 Å². The lowest BCUT2D eigenvalue weighted by Crippen LogP contribution is -2.17. The normalized spacial score (nSPS) is 22.1. The summed E-state index contributed by atoms with van der Waals surface area (Å²) in [5, 5.41) is 1.53. The van der Waals surface area contributed by atoms with E-state index in [1.807, 2.05) is 0 Å². The fourth-order valence-electron chi connectivity index (χ4n) is 2.16. The zero-order valence-corrected chi connectivity index (χ0v) is 13.7. The highest BCUT2D eigenvalue weighted by atomic mass is 79.9. The number of alkyl halides is 2. The van der Waals surface area contributed by atoms with Crippen molar-refractivity contribution in [1.82, 2.24) is 0 Å². The molecule has 0 heterocycles. The Hall–Kier alpha value is -1.40. The highest BCUT2D eigenvalue weighted by Crippen LogP contribution is 2.58. The van der Waals surface area contributed by atoms with Crippen LogP contribution in [0.15, 0.2) is 64.0 Å². The van der Waals surface area contributed by atoms with Gasteiger partial charge in [0.15, 0.2) is 0 Å². The fourth-order valence-corrected chi connectivity index (χ4v) is 3.68. The van der Waals surface area contributed by atoms with Crippen molar-refractivity contribution in [2.45, 2.75) is 16.1 Å². The van der Waals surface area contributed by atoms with Gasteiger partial charge in [0.05, 0.1) is 5.25 Å². The van der Waals surface area contributed by atoms with Gasteiger partial charge in [-0.25, -0.2) is 8.78 Å². The largest absolute Gasteiger partial charge is 0.326 e. The van der Waals surface area contributed by atoms with Crippen LogP contribution in [0.4, 0.5) is 14.5 Å². The van der Waals surface area contributed by atoms with Gasteiger partial charge in [0.1, 0.15) is 5.92 Å². The molecule has 2 atom stereocenters. The van der Waals surface area contributed by atoms with Gasteiger partial charge in [0.25, 0.3) is 5.92 Å². The smallest absolute Gasteiger partial charge is 0.273 e. The molecule has 1 saturated carbocycles. The molecule has 0 radical (unpaired) electrons. The number of hydrogen-bond donors (Lipinski definition) is 1. The summed E-state index contributed by atoms with van der Waals surface area (Å²) >= 11 is 4.34.